The highest BCUT2D eigenvalue weighted by Gasteiger charge is 2.30. The average Bonchev–Trinajstić information content (AvgIpc) is 0.901. The maximum atomic E-state index is 13.2. The van der Waals surface area contributed by atoms with Crippen molar-refractivity contribution in [2.75, 3.05) is 39.6 Å². The van der Waals surface area contributed by atoms with E-state index in [1.54, 1.807) is 0 Å². The second kappa shape index (κ2) is 82.1. The lowest BCUT2D eigenvalue weighted by Crippen LogP contribution is -2.30. The molecule has 0 aliphatic rings. The van der Waals surface area contributed by atoms with E-state index in [2.05, 4.69) is 27.7 Å². The fraction of sp³-hybridized carbons (Fsp3) is 0.955. The number of phosphoric ester groups is 2. The number of unbranched alkanes of at least 4 members (excludes halogenated alkanes) is 63. The van der Waals surface area contributed by atoms with Gasteiger partial charge in [0.1, 0.15) is 19.3 Å². The van der Waals surface area contributed by atoms with Gasteiger partial charge in [0.2, 0.25) is 0 Å². The first-order valence-electron chi connectivity index (χ1n) is 45.8. The lowest BCUT2D eigenvalue weighted by Gasteiger charge is -2.21. The third-order valence-corrected chi connectivity index (χ3v) is 22.8. The summed E-state index contributed by atoms with van der Waals surface area (Å²) in [5.41, 5.74) is 0. The predicted molar refractivity (Wildman–Crippen MR) is 442 cm³/mol. The molecule has 19 heteroatoms. The summed E-state index contributed by atoms with van der Waals surface area (Å²) in [4.78, 5) is 73.3. The van der Waals surface area contributed by atoms with Crippen molar-refractivity contribution in [1.82, 2.24) is 0 Å². The summed E-state index contributed by atoms with van der Waals surface area (Å²) < 4.78 is 69.0. The van der Waals surface area contributed by atoms with Crippen LogP contribution in [-0.2, 0) is 65.4 Å². The van der Waals surface area contributed by atoms with E-state index in [9.17, 15) is 43.2 Å². The minimum atomic E-state index is -4.97. The minimum absolute atomic E-state index is 0.109. The van der Waals surface area contributed by atoms with Crippen LogP contribution >= 0.6 is 15.6 Å². The lowest BCUT2D eigenvalue weighted by atomic mass is 10.0. The van der Waals surface area contributed by atoms with Crippen molar-refractivity contribution in [1.29, 1.82) is 0 Å². The third kappa shape index (κ3) is 81.9. The summed E-state index contributed by atoms with van der Waals surface area (Å²) in [5.74, 6) is -2.09. The molecule has 0 rings (SSSR count). The Labute approximate surface area is 658 Å². The molecule has 0 saturated carbocycles. The molecule has 0 amide bonds. The van der Waals surface area contributed by atoms with Gasteiger partial charge in [-0.15, -0.1) is 0 Å². The number of hydrogen-bond donors (Lipinski definition) is 3. The standard InChI is InChI=1S/C88H172O17P2/c1-5-9-13-17-21-25-29-33-36-39-40-41-42-43-44-47-51-55-59-63-67-71-75-88(93)105-84(79-99-86(91)73-69-65-61-57-53-49-45-37-34-30-26-22-18-14-10-6-2)81-103-107(96,97)101-77-82(89)76-100-106(94,95)102-80-83(78-98-85(90)72-68-64-60-56-52-48-32-28-24-20-16-12-8-4)104-87(92)74-70-66-62-58-54-50-46-38-35-31-27-23-19-15-11-7-3/h82-84,89H,5-81H2,1-4H3,(H,94,95)(H,96,97)/t82-,83+,84+/m0/s1. The summed E-state index contributed by atoms with van der Waals surface area (Å²) >= 11 is 0. The summed E-state index contributed by atoms with van der Waals surface area (Å²) in [6, 6.07) is 0. The van der Waals surface area contributed by atoms with Crippen LogP contribution in [0.4, 0.5) is 0 Å². The minimum Gasteiger partial charge on any atom is -0.462 e. The number of rotatable bonds is 89. The highest BCUT2D eigenvalue weighted by atomic mass is 31.2. The molecule has 0 heterocycles. The molecule has 17 nitrogen and oxygen atoms in total. The Balaban J connectivity index is 5.24. The highest BCUT2D eigenvalue weighted by molar-refractivity contribution is 7.47. The maximum absolute atomic E-state index is 13.2. The maximum Gasteiger partial charge on any atom is 0.472 e. The topological polar surface area (TPSA) is 237 Å². The number of carbonyl (C=O) groups excluding carboxylic acids is 4. The Morgan fingerprint density at radius 3 is 0.551 bits per heavy atom. The Morgan fingerprint density at radius 2 is 0.374 bits per heavy atom. The van der Waals surface area contributed by atoms with Gasteiger partial charge in [0.15, 0.2) is 12.2 Å². The van der Waals surface area contributed by atoms with Gasteiger partial charge in [0.05, 0.1) is 26.4 Å². The summed E-state index contributed by atoms with van der Waals surface area (Å²) in [6.45, 7) is 5.08. The molecule has 5 atom stereocenters. The number of ether oxygens (including phenoxy) is 4. The van der Waals surface area contributed by atoms with Gasteiger partial charge in [0.25, 0.3) is 0 Å². The molecule has 0 bridgehead atoms. The molecule has 0 aliphatic heterocycles. The number of aliphatic hydroxyl groups is 1. The normalized spacial score (nSPS) is 13.7. The van der Waals surface area contributed by atoms with Crippen molar-refractivity contribution in [2.45, 2.75) is 502 Å². The van der Waals surface area contributed by atoms with E-state index in [0.29, 0.717) is 25.7 Å². The van der Waals surface area contributed by atoms with Crippen LogP contribution in [0.5, 0.6) is 0 Å². The van der Waals surface area contributed by atoms with E-state index in [1.807, 2.05) is 0 Å². The van der Waals surface area contributed by atoms with Gasteiger partial charge < -0.3 is 33.8 Å². The van der Waals surface area contributed by atoms with Crippen molar-refractivity contribution in [3.8, 4) is 0 Å². The van der Waals surface area contributed by atoms with Gasteiger partial charge in [-0.3, -0.25) is 37.3 Å². The largest absolute Gasteiger partial charge is 0.472 e. The quantitative estimate of drug-likeness (QED) is 0.0222. The van der Waals surface area contributed by atoms with Crippen LogP contribution in [-0.4, -0.2) is 96.7 Å². The van der Waals surface area contributed by atoms with Gasteiger partial charge in [-0.1, -0.05) is 432 Å². The van der Waals surface area contributed by atoms with Crippen LogP contribution in [0.25, 0.3) is 0 Å². The Hall–Kier alpha value is -1.94. The van der Waals surface area contributed by atoms with Gasteiger partial charge >= 0.3 is 39.5 Å². The summed E-state index contributed by atoms with van der Waals surface area (Å²) in [5, 5.41) is 10.7. The van der Waals surface area contributed by atoms with Gasteiger partial charge in [-0.25, -0.2) is 9.13 Å². The lowest BCUT2D eigenvalue weighted by molar-refractivity contribution is -0.161. The molecule has 0 aromatic heterocycles. The van der Waals surface area contributed by atoms with E-state index in [0.717, 1.165) is 89.9 Å². The zero-order valence-electron chi connectivity index (χ0n) is 70.1. The molecule has 0 fully saturated rings. The summed E-state index contributed by atoms with van der Waals surface area (Å²) in [7, 11) is -9.93. The zero-order valence-corrected chi connectivity index (χ0v) is 71.9. The molecule has 2 unspecified atom stereocenters. The Morgan fingerprint density at radius 1 is 0.224 bits per heavy atom. The third-order valence-electron chi connectivity index (χ3n) is 20.9. The van der Waals surface area contributed by atoms with Gasteiger partial charge in [0, 0.05) is 25.7 Å². The van der Waals surface area contributed by atoms with E-state index < -0.39 is 97.5 Å². The van der Waals surface area contributed by atoms with E-state index in [-0.39, 0.29) is 25.7 Å². The molecule has 0 spiro atoms. The summed E-state index contributed by atoms with van der Waals surface area (Å²) in [6.07, 6.45) is 77.7. The fourth-order valence-electron chi connectivity index (χ4n) is 13.9. The van der Waals surface area contributed by atoms with Gasteiger partial charge in [-0.05, 0) is 25.7 Å². The number of carbonyl (C=O) groups is 4. The SMILES string of the molecule is CCCCCCCCCCCCCCCCCCCCCCCCC(=O)O[C@H](COC(=O)CCCCCCCCCCCCCCCCCC)COP(=O)(O)OC[C@@H](O)COP(=O)(O)OC[C@@H](COC(=O)CCCCCCCCCCCCCCC)OC(=O)CCCCCCCCCCCCCCCCCC. The highest BCUT2D eigenvalue weighted by Crippen LogP contribution is 2.45. The van der Waals surface area contributed by atoms with Crippen molar-refractivity contribution in [3.63, 3.8) is 0 Å². The first-order chi connectivity index (χ1) is 52.2. The van der Waals surface area contributed by atoms with E-state index >= 15 is 0 Å². The fourth-order valence-corrected chi connectivity index (χ4v) is 15.5. The monoisotopic (exact) mass is 1560 g/mol. The average molecular weight is 1560 g/mol. The van der Waals surface area contributed by atoms with Crippen molar-refractivity contribution >= 4 is 39.5 Å². The zero-order chi connectivity index (χ0) is 78.1. The second-order valence-corrected chi connectivity index (χ2v) is 34.5. The van der Waals surface area contributed by atoms with Crippen molar-refractivity contribution in [3.05, 3.63) is 0 Å². The number of aliphatic hydroxyl groups excluding tert-OH is 1. The van der Waals surface area contributed by atoms with Crippen molar-refractivity contribution < 1.29 is 80.2 Å². The first-order valence-corrected chi connectivity index (χ1v) is 48.8. The molecule has 107 heavy (non-hydrogen) atoms. The number of hydrogen-bond acceptors (Lipinski definition) is 15. The van der Waals surface area contributed by atoms with Gasteiger partial charge in [-0.2, -0.15) is 0 Å². The second-order valence-electron chi connectivity index (χ2n) is 31.6. The van der Waals surface area contributed by atoms with E-state index in [4.69, 9.17) is 37.0 Å². The predicted octanol–water partition coefficient (Wildman–Crippen LogP) is 27.3. The number of esters is 4. The molecule has 636 valence electrons. The molecule has 0 aromatic rings. The van der Waals surface area contributed by atoms with Crippen LogP contribution in [0.3, 0.4) is 0 Å². The van der Waals surface area contributed by atoms with Crippen LogP contribution in [0, 0.1) is 0 Å². The van der Waals surface area contributed by atoms with E-state index in [1.165, 1.54) is 315 Å². The van der Waals surface area contributed by atoms with Crippen LogP contribution < -0.4 is 0 Å². The Kier molecular flexibility index (Phi) is 80.6. The molecule has 3 N–H and O–H groups in total. The first kappa shape index (κ1) is 105. The molecule has 0 aliphatic carbocycles. The smallest absolute Gasteiger partial charge is 0.462 e. The van der Waals surface area contributed by atoms with Crippen molar-refractivity contribution in [2.24, 2.45) is 0 Å². The molecule has 0 radical (unpaired) electrons. The van der Waals surface area contributed by atoms with Crippen LogP contribution in [0.1, 0.15) is 484 Å². The molecule has 0 aromatic carbocycles. The molecular weight excluding hydrogens is 1390 g/mol. The molecular formula is C88H172O17P2. The van der Waals surface area contributed by atoms with Crippen LogP contribution in [0.2, 0.25) is 0 Å². The molecule has 0 saturated heterocycles. The number of phosphoric acid groups is 2. The van der Waals surface area contributed by atoms with Crippen LogP contribution in [0.15, 0.2) is 0 Å². The Bertz CT molecular complexity index is 2020.